The molecule has 1 N–H and O–H groups in total. The summed E-state index contributed by atoms with van der Waals surface area (Å²) in [5.41, 5.74) is 2.54. The standard InChI is InChI=1S/C26H22Cl2N2O4/c1-3-34-21-7-5-18(12-15(21)2)24(31)22-23(17-4-6-19(27)20(28)13-17)30(26(33)25(22)32)14-16-8-10-29-11-9-16/h4-13,23,31H,3,14H2,1-2H3/b24-22-. The highest BCUT2D eigenvalue weighted by Crippen LogP contribution is 2.42. The number of nitrogens with zero attached hydrogens (tertiary/aromatic N) is 2. The molecule has 1 unspecified atom stereocenters. The Labute approximate surface area is 207 Å². The zero-order valence-corrected chi connectivity index (χ0v) is 20.1. The number of Topliss-reactive ketones (excluding diaryl/α,β-unsaturated/α-hetero) is 1. The first-order valence-electron chi connectivity index (χ1n) is 10.7. The van der Waals surface area contributed by atoms with Crippen molar-refractivity contribution in [2.75, 3.05) is 6.61 Å². The Bertz CT molecular complexity index is 1290. The van der Waals surface area contributed by atoms with Gasteiger partial charge in [0.15, 0.2) is 0 Å². The zero-order valence-electron chi connectivity index (χ0n) is 18.6. The number of hydrogen-bond donors (Lipinski definition) is 1. The van der Waals surface area contributed by atoms with Gasteiger partial charge in [-0.2, -0.15) is 0 Å². The lowest BCUT2D eigenvalue weighted by atomic mass is 9.94. The fourth-order valence-corrected chi connectivity index (χ4v) is 4.33. The predicted molar refractivity (Wildman–Crippen MR) is 131 cm³/mol. The molecule has 2 aromatic carbocycles. The van der Waals surface area contributed by atoms with Crippen molar-refractivity contribution in [1.82, 2.24) is 9.88 Å². The second-order valence-corrected chi connectivity index (χ2v) is 8.68. The lowest BCUT2D eigenvalue weighted by molar-refractivity contribution is -0.140. The van der Waals surface area contributed by atoms with Crippen molar-refractivity contribution in [2.24, 2.45) is 0 Å². The minimum atomic E-state index is -0.852. The van der Waals surface area contributed by atoms with E-state index in [1.54, 1.807) is 60.9 Å². The monoisotopic (exact) mass is 496 g/mol. The van der Waals surface area contributed by atoms with Crippen molar-refractivity contribution in [1.29, 1.82) is 0 Å². The fraction of sp³-hybridized carbons (Fsp3) is 0.192. The Hall–Kier alpha value is -3.35. The molecular weight excluding hydrogens is 475 g/mol. The highest BCUT2D eigenvalue weighted by molar-refractivity contribution is 6.46. The zero-order chi connectivity index (χ0) is 24.4. The van der Waals surface area contributed by atoms with Gasteiger partial charge < -0.3 is 14.7 Å². The molecule has 1 atom stereocenters. The Morgan fingerprint density at radius 1 is 1.06 bits per heavy atom. The van der Waals surface area contributed by atoms with Gasteiger partial charge in [-0.3, -0.25) is 14.6 Å². The van der Waals surface area contributed by atoms with Gasteiger partial charge in [0.1, 0.15) is 11.5 Å². The normalized spacial score (nSPS) is 17.3. The van der Waals surface area contributed by atoms with Crippen molar-refractivity contribution >= 4 is 40.7 Å². The largest absolute Gasteiger partial charge is 0.507 e. The van der Waals surface area contributed by atoms with Gasteiger partial charge in [0.2, 0.25) is 0 Å². The number of pyridine rings is 1. The number of carbonyl (C=O) groups is 2. The first kappa shape index (κ1) is 23.8. The summed E-state index contributed by atoms with van der Waals surface area (Å²) in [5.74, 6) is -1.07. The van der Waals surface area contributed by atoms with Gasteiger partial charge in [-0.25, -0.2) is 0 Å². The number of rotatable bonds is 6. The third-order valence-electron chi connectivity index (χ3n) is 5.65. The van der Waals surface area contributed by atoms with E-state index in [1.165, 1.54) is 4.90 Å². The molecule has 4 rings (SSSR count). The van der Waals surface area contributed by atoms with Gasteiger partial charge in [0, 0.05) is 24.5 Å². The molecule has 1 aromatic heterocycles. The van der Waals surface area contributed by atoms with Crippen LogP contribution in [0.15, 0.2) is 66.5 Å². The molecule has 6 nitrogen and oxygen atoms in total. The maximum absolute atomic E-state index is 13.2. The van der Waals surface area contributed by atoms with Gasteiger partial charge in [0.05, 0.1) is 28.3 Å². The number of halogens is 2. The van der Waals surface area contributed by atoms with E-state index in [-0.39, 0.29) is 22.9 Å². The van der Waals surface area contributed by atoms with Crippen LogP contribution in [0.25, 0.3) is 5.76 Å². The first-order valence-corrected chi connectivity index (χ1v) is 11.4. The lowest BCUT2D eigenvalue weighted by Crippen LogP contribution is -2.29. The topological polar surface area (TPSA) is 79.7 Å². The van der Waals surface area contributed by atoms with Crippen molar-refractivity contribution in [2.45, 2.75) is 26.4 Å². The third-order valence-corrected chi connectivity index (χ3v) is 6.39. The number of amides is 1. The molecule has 174 valence electrons. The van der Waals surface area contributed by atoms with Crippen LogP contribution < -0.4 is 4.74 Å². The molecule has 8 heteroatoms. The van der Waals surface area contributed by atoms with Crippen LogP contribution in [-0.4, -0.2) is 33.3 Å². The van der Waals surface area contributed by atoms with Crippen LogP contribution in [0.4, 0.5) is 0 Å². The van der Waals surface area contributed by atoms with Gasteiger partial charge in [-0.05, 0) is 73.0 Å². The second-order valence-electron chi connectivity index (χ2n) is 7.87. The molecular formula is C26H22Cl2N2O4. The molecule has 1 aliphatic rings. The summed E-state index contributed by atoms with van der Waals surface area (Å²) < 4.78 is 5.57. The molecule has 0 spiro atoms. The van der Waals surface area contributed by atoms with E-state index in [1.807, 2.05) is 13.8 Å². The molecule has 3 aromatic rings. The minimum Gasteiger partial charge on any atom is -0.507 e. The molecule has 2 heterocycles. The molecule has 0 saturated carbocycles. The van der Waals surface area contributed by atoms with Gasteiger partial charge in [-0.15, -0.1) is 0 Å². The van der Waals surface area contributed by atoms with Crippen LogP contribution in [0.1, 0.15) is 35.2 Å². The number of hydrogen-bond acceptors (Lipinski definition) is 5. The number of carbonyl (C=O) groups excluding carboxylic acids is 2. The van der Waals surface area contributed by atoms with Gasteiger partial charge in [-0.1, -0.05) is 29.3 Å². The number of aryl methyl sites for hydroxylation is 1. The quantitative estimate of drug-likeness (QED) is 0.268. The molecule has 1 saturated heterocycles. The van der Waals surface area contributed by atoms with Crippen molar-refractivity contribution in [3.8, 4) is 5.75 Å². The molecule has 34 heavy (non-hydrogen) atoms. The van der Waals surface area contributed by atoms with E-state index in [0.717, 1.165) is 11.1 Å². The highest BCUT2D eigenvalue weighted by Gasteiger charge is 2.46. The third kappa shape index (κ3) is 4.52. The number of ether oxygens (including phenoxy) is 1. The Morgan fingerprint density at radius 3 is 2.44 bits per heavy atom. The van der Waals surface area contributed by atoms with E-state index in [4.69, 9.17) is 27.9 Å². The Kier molecular flexibility index (Phi) is 6.91. The van der Waals surface area contributed by atoms with Crippen LogP contribution in [-0.2, 0) is 16.1 Å². The van der Waals surface area contributed by atoms with Gasteiger partial charge >= 0.3 is 0 Å². The molecule has 0 bridgehead atoms. The Morgan fingerprint density at radius 2 is 1.79 bits per heavy atom. The number of ketones is 1. The number of benzene rings is 2. The lowest BCUT2D eigenvalue weighted by Gasteiger charge is -2.25. The predicted octanol–water partition coefficient (Wildman–Crippen LogP) is 5.72. The molecule has 0 aliphatic carbocycles. The van der Waals surface area contributed by atoms with E-state index in [2.05, 4.69) is 4.98 Å². The van der Waals surface area contributed by atoms with E-state index in [0.29, 0.717) is 28.5 Å². The molecule has 0 radical (unpaired) electrons. The average molecular weight is 497 g/mol. The van der Waals surface area contributed by atoms with Crippen LogP contribution >= 0.6 is 23.2 Å². The molecule has 1 fully saturated rings. The highest BCUT2D eigenvalue weighted by atomic mass is 35.5. The summed E-state index contributed by atoms with van der Waals surface area (Å²) in [6.45, 7) is 4.38. The van der Waals surface area contributed by atoms with Crippen molar-refractivity contribution < 1.29 is 19.4 Å². The van der Waals surface area contributed by atoms with E-state index < -0.39 is 17.7 Å². The summed E-state index contributed by atoms with van der Waals surface area (Å²) >= 11 is 12.4. The maximum Gasteiger partial charge on any atom is 0.295 e. The summed E-state index contributed by atoms with van der Waals surface area (Å²) in [5, 5.41) is 11.9. The first-order chi connectivity index (χ1) is 16.3. The fourth-order valence-electron chi connectivity index (χ4n) is 4.03. The number of aromatic nitrogens is 1. The van der Waals surface area contributed by atoms with Crippen LogP contribution in [0, 0.1) is 6.92 Å². The Balaban J connectivity index is 1.86. The minimum absolute atomic E-state index is 0.0130. The second kappa shape index (κ2) is 9.87. The van der Waals surface area contributed by atoms with Crippen LogP contribution in [0.3, 0.4) is 0 Å². The van der Waals surface area contributed by atoms with Crippen LogP contribution in [0.2, 0.25) is 10.0 Å². The number of aliphatic hydroxyl groups excluding tert-OH is 1. The summed E-state index contributed by atoms with van der Waals surface area (Å²) in [6.07, 6.45) is 3.23. The summed E-state index contributed by atoms with van der Waals surface area (Å²) in [4.78, 5) is 31.8. The molecule has 1 aliphatic heterocycles. The average Bonchev–Trinajstić information content (AvgIpc) is 3.07. The van der Waals surface area contributed by atoms with Crippen molar-refractivity contribution in [3.05, 3.63) is 98.8 Å². The SMILES string of the molecule is CCOc1ccc(/C(O)=C2/C(=O)C(=O)N(Cc3ccncc3)C2c2ccc(Cl)c(Cl)c2)cc1C. The number of likely N-dealkylation sites (tertiary alicyclic amines) is 1. The number of aliphatic hydroxyl groups is 1. The molecule has 1 amide bonds. The summed E-state index contributed by atoms with van der Waals surface area (Å²) in [7, 11) is 0. The maximum atomic E-state index is 13.2. The van der Waals surface area contributed by atoms with Crippen LogP contribution in [0.5, 0.6) is 5.75 Å². The van der Waals surface area contributed by atoms with Crippen molar-refractivity contribution in [3.63, 3.8) is 0 Å². The van der Waals surface area contributed by atoms with E-state index >= 15 is 0 Å². The summed E-state index contributed by atoms with van der Waals surface area (Å²) in [6, 6.07) is 12.7. The smallest absolute Gasteiger partial charge is 0.295 e. The van der Waals surface area contributed by atoms with E-state index in [9.17, 15) is 14.7 Å². The van der Waals surface area contributed by atoms with Gasteiger partial charge in [0.25, 0.3) is 11.7 Å².